The molecule has 0 atom stereocenters. The first kappa shape index (κ1) is 27.2. The molecule has 0 bridgehead atoms. The number of alkyl carbamates (subject to hydrolysis) is 2. The number of esters is 2. The Bertz CT molecular complexity index is 792. The highest BCUT2D eigenvalue weighted by atomic mass is 16.6. The molecule has 180 valence electrons. The summed E-state index contributed by atoms with van der Waals surface area (Å²) in [5.41, 5.74) is 1.88. The van der Waals surface area contributed by atoms with Crippen LogP contribution in [0.3, 0.4) is 0 Å². The van der Waals surface area contributed by atoms with E-state index in [0.29, 0.717) is 25.8 Å². The van der Waals surface area contributed by atoms with Crippen LogP contribution in [0.2, 0.25) is 0 Å². The second-order valence-corrected chi connectivity index (χ2v) is 6.57. The normalized spacial score (nSPS) is 9.82. The smallest absolute Gasteiger partial charge is 0.407 e. The molecule has 0 aromatic heterocycles. The van der Waals surface area contributed by atoms with Gasteiger partial charge in [0.1, 0.15) is 13.2 Å². The number of ether oxygens (including phenoxy) is 4. The van der Waals surface area contributed by atoms with Gasteiger partial charge in [-0.2, -0.15) is 0 Å². The van der Waals surface area contributed by atoms with Crippen LogP contribution < -0.4 is 10.6 Å². The lowest BCUT2D eigenvalue weighted by molar-refractivity contribution is -0.139. The highest BCUT2D eigenvalue weighted by Crippen LogP contribution is 2.05. The van der Waals surface area contributed by atoms with Crippen molar-refractivity contribution in [2.24, 2.45) is 0 Å². The van der Waals surface area contributed by atoms with Gasteiger partial charge in [0.25, 0.3) is 0 Å². The van der Waals surface area contributed by atoms with E-state index in [1.165, 1.54) is 0 Å². The third kappa shape index (κ3) is 14.0. The monoisotopic (exact) mass is 462 g/mol. The molecule has 0 unspecified atom stereocenters. The standard InChI is InChI=1S/C23H30N2O8/c1-3-20(26)30-13-5-6-14-32-22(28)24-12-11-18-7-9-19(10-8-18)17-25-23(29)33-16-15-31-21(27)4-2/h3-4,7-10H,1-2,5-6,11-17H2,(H,24,28)(H,25,29). The lowest BCUT2D eigenvalue weighted by atomic mass is 10.1. The number of hydrogen-bond donors (Lipinski definition) is 2. The lowest BCUT2D eigenvalue weighted by Gasteiger charge is -2.09. The van der Waals surface area contributed by atoms with E-state index in [-0.39, 0.29) is 33.0 Å². The Hall–Kier alpha value is -3.82. The van der Waals surface area contributed by atoms with Crippen LogP contribution >= 0.6 is 0 Å². The largest absolute Gasteiger partial charge is 0.463 e. The van der Waals surface area contributed by atoms with Gasteiger partial charge in [-0.1, -0.05) is 37.4 Å². The molecule has 2 N–H and O–H groups in total. The molecule has 0 saturated heterocycles. The SMILES string of the molecule is C=CC(=O)OCCCCOC(=O)NCCc1ccc(CNC(=O)OCCOC(=O)C=C)cc1. The first-order valence-electron chi connectivity index (χ1n) is 10.4. The molecule has 0 aliphatic rings. The molecule has 1 aromatic rings. The van der Waals surface area contributed by atoms with Crippen LogP contribution in [0.4, 0.5) is 9.59 Å². The molecule has 0 aliphatic heterocycles. The van der Waals surface area contributed by atoms with Crippen LogP contribution in [0.1, 0.15) is 24.0 Å². The van der Waals surface area contributed by atoms with Crippen molar-refractivity contribution in [1.82, 2.24) is 10.6 Å². The molecular formula is C23H30N2O8. The van der Waals surface area contributed by atoms with E-state index in [4.69, 9.17) is 18.9 Å². The number of benzene rings is 1. The van der Waals surface area contributed by atoms with Crippen molar-refractivity contribution in [1.29, 1.82) is 0 Å². The van der Waals surface area contributed by atoms with Crippen molar-refractivity contribution in [3.8, 4) is 0 Å². The number of carbonyl (C=O) groups is 4. The molecule has 0 fully saturated rings. The van der Waals surface area contributed by atoms with E-state index >= 15 is 0 Å². The summed E-state index contributed by atoms with van der Waals surface area (Å²) in [6, 6.07) is 7.52. The zero-order chi connectivity index (χ0) is 24.3. The van der Waals surface area contributed by atoms with E-state index in [1.54, 1.807) is 0 Å². The highest BCUT2D eigenvalue weighted by Gasteiger charge is 2.05. The third-order valence-electron chi connectivity index (χ3n) is 4.05. The summed E-state index contributed by atoms with van der Waals surface area (Å²) in [7, 11) is 0. The number of amides is 2. The summed E-state index contributed by atoms with van der Waals surface area (Å²) in [5.74, 6) is -1.05. The van der Waals surface area contributed by atoms with Gasteiger partial charge in [-0.25, -0.2) is 19.2 Å². The fourth-order valence-electron chi connectivity index (χ4n) is 2.35. The summed E-state index contributed by atoms with van der Waals surface area (Å²) in [6.45, 7) is 7.66. The van der Waals surface area contributed by atoms with Gasteiger partial charge in [-0.3, -0.25) is 0 Å². The van der Waals surface area contributed by atoms with E-state index < -0.39 is 24.1 Å². The topological polar surface area (TPSA) is 129 Å². The Kier molecular flexibility index (Phi) is 13.9. The fraction of sp³-hybridized carbons (Fsp3) is 0.391. The molecule has 0 aliphatic carbocycles. The van der Waals surface area contributed by atoms with Gasteiger partial charge in [-0.15, -0.1) is 0 Å². The number of carbonyl (C=O) groups excluding carboxylic acids is 4. The Morgan fingerprint density at radius 3 is 1.82 bits per heavy atom. The van der Waals surface area contributed by atoms with Crippen molar-refractivity contribution in [3.63, 3.8) is 0 Å². The van der Waals surface area contributed by atoms with Crippen LogP contribution in [0, 0.1) is 0 Å². The average molecular weight is 462 g/mol. The minimum absolute atomic E-state index is 0.0399. The number of rotatable bonds is 15. The van der Waals surface area contributed by atoms with Crippen molar-refractivity contribution < 1.29 is 38.1 Å². The molecule has 2 amide bonds. The molecule has 1 rings (SSSR count). The molecule has 1 aromatic carbocycles. The lowest BCUT2D eigenvalue weighted by Crippen LogP contribution is -2.27. The second-order valence-electron chi connectivity index (χ2n) is 6.57. The third-order valence-corrected chi connectivity index (χ3v) is 4.05. The average Bonchev–Trinajstić information content (AvgIpc) is 2.83. The molecule has 0 saturated carbocycles. The predicted molar refractivity (Wildman–Crippen MR) is 119 cm³/mol. The number of nitrogens with one attached hydrogen (secondary N) is 2. The van der Waals surface area contributed by atoms with Crippen LogP contribution in [0.15, 0.2) is 49.6 Å². The van der Waals surface area contributed by atoms with Gasteiger partial charge in [0, 0.05) is 25.2 Å². The fourth-order valence-corrected chi connectivity index (χ4v) is 2.35. The zero-order valence-electron chi connectivity index (χ0n) is 18.5. The van der Waals surface area contributed by atoms with Crippen molar-refractivity contribution >= 4 is 24.1 Å². The quantitative estimate of drug-likeness (QED) is 0.176. The van der Waals surface area contributed by atoms with Crippen molar-refractivity contribution in [2.45, 2.75) is 25.8 Å². The van der Waals surface area contributed by atoms with Crippen LogP contribution in [0.25, 0.3) is 0 Å². The van der Waals surface area contributed by atoms with Gasteiger partial charge < -0.3 is 29.6 Å². The molecule has 0 radical (unpaired) electrons. The Morgan fingerprint density at radius 1 is 0.697 bits per heavy atom. The molecule has 0 spiro atoms. The Balaban J connectivity index is 2.11. The maximum atomic E-state index is 11.7. The summed E-state index contributed by atoms with van der Waals surface area (Å²) < 4.78 is 19.4. The van der Waals surface area contributed by atoms with Crippen LogP contribution in [-0.4, -0.2) is 57.1 Å². The van der Waals surface area contributed by atoms with E-state index in [9.17, 15) is 19.2 Å². The van der Waals surface area contributed by atoms with E-state index in [2.05, 4.69) is 23.8 Å². The molecule has 10 heteroatoms. The van der Waals surface area contributed by atoms with Crippen LogP contribution in [0.5, 0.6) is 0 Å². The van der Waals surface area contributed by atoms with Crippen LogP contribution in [-0.2, 0) is 41.5 Å². The van der Waals surface area contributed by atoms with Gasteiger partial charge in [0.2, 0.25) is 0 Å². The number of unbranched alkanes of at least 4 members (excludes halogenated alkanes) is 1. The Morgan fingerprint density at radius 2 is 1.18 bits per heavy atom. The zero-order valence-corrected chi connectivity index (χ0v) is 18.5. The van der Waals surface area contributed by atoms with Crippen molar-refractivity contribution in [2.75, 3.05) is 33.0 Å². The highest BCUT2D eigenvalue weighted by molar-refractivity contribution is 5.81. The van der Waals surface area contributed by atoms with Gasteiger partial charge in [0.05, 0.1) is 13.2 Å². The molecule has 10 nitrogen and oxygen atoms in total. The second kappa shape index (κ2) is 16.8. The van der Waals surface area contributed by atoms with Gasteiger partial charge in [0.15, 0.2) is 0 Å². The summed E-state index contributed by atoms with van der Waals surface area (Å²) >= 11 is 0. The van der Waals surface area contributed by atoms with E-state index in [0.717, 1.165) is 23.3 Å². The first-order valence-corrected chi connectivity index (χ1v) is 10.4. The molecule has 0 heterocycles. The van der Waals surface area contributed by atoms with Gasteiger partial charge >= 0.3 is 24.1 Å². The first-order chi connectivity index (χ1) is 15.9. The van der Waals surface area contributed by atoms with E-state index in [1.807, 2.05) is 24.3 Å². The Labute approximate surface area is 192 Å². The van der Waals surface area contributed by atoms with Gasteiger partial charge in [-0.05, 0) is 30.4 Å². The van der Waals surface area contributed by atoms with Crippen molar-refractivity contribution in [3.05, 3.63) is 60.7 Å². The maximum Gasteiger partial charge on any atom is 0.407 e. The summed E-state index contributed by atoms with van der Waals surface area (Å²) in [5, 5.41) is 5.26. The minimum Gasteiger partial charge on any atom is -0.463 e. The predicted octanol–water partition coefficient (Wildman–Crippen LogP) is 2.42. The molecule has 33 heavy (non-hydrogen) atoms. The summed E-state index contributed by atoms with van der Waals surface area (Å²) in [4.78, 5) is 45.0. The minimum atomic E-state index is -0.616. The maximum absolute atomic E-state index is 11.7. The molecular weight excluding hydrogens is 432 g/mol. The number of hydrogen-bond acceptors (Lipinski definition) is 8. The summed E-state index contributed by atoms with van der Waals surface area (Å²) in [6.07, 6.45) is 2.81.